The van der Waals surface area contributed by atoms with Crippen molar-refractivity contribution in [2.75, 3.05) is 12.0 Å². The Bertz CT molecular complexity index is 1020. The van der Waals surface area contributed by atoms with Gasteiger partial charge in [-0.05, 0) is 47.6 Å². The SMILES string of the molecule is CCc1ccccc1N1C(=O)CC(c2ccc(OC)cc2)C2=C1CC(C)(C)CC2=O. The van der Waals surface area contributed by atoms with Crippen LogP contribution in [-0.2, 0) is 16.0 Å². The molecule has 2 aliphatic rings. The molecule has 0 fully saturated rings. The van der Waals surface area contributed by atoms with Crippen LogP contribution < -0.4 is 9.64 Å². The minimum atomic E-state index is -0.202. The van der Waals surface area contributed by atoms with Crippen LogP contribution in [0.15, 0.2) is 59.8 Å². The number of allylic oxidation sites excluding steroid dienone is 2. The summed E-state index contributed by atoms with van der Waals surface area (Å²) in [4.78, 5) is 28.7. The van der Waals surface area contributed by atoms with E-state index in [4.69, 9.17) is 4.74 Å². The molecule has 0 saturated carbocycles. The first-order chi connectivity index (χ1) is 14.3. The lowest BCUT2D eigenvalue weighted by Crippen LogP contribution is -2.44. The molecule has 1 aliphatic carbocycles. The highest BCUT2D eigenvalue weighted by Crippen LogP contribution is 2.48. The summed E-state index contributed by atoms with van der Waals surface area (Å²) in [7, 11) is 1.63. The van der Waals surface area contributed by atoms with Crippen LogP contribution in [0.4, 0.5) is 5.69 Å². The van der Waals surface area contributed by atoms with Crippen LogP contribution in [0.3, 0.4) is 0 Å². The van der Waals surface area contributed by atoms with Gasteiger partial charge >= 0.3 is 0 Å². The molecule has 30 heavy (non-hydrogen) atoms. The Balaban J connectivity index is 1.89. The van der Waals surface area contributed by atoms with E-state index in [1.165, 1.54) is 0 Å². The van der Waals surface area contributed by atoms with Gasteiger partial charge in [0.05, 0.1) is 12.8 Å². The predicted molar refractivity (Wildman–Crippen MR) is 119 cm³/mol. The highest BCUT2D eigenvalue weighted by molar-refractivity contribution is 6.08. The van der Waals surface area contributed by atoms with E-state index in [-0.39, 0.29) is 23.0 Å². The van der Waals surface area contributed by atoms with E-state index in [1.807, 2.05) is 47.4 Å². The number of benzene rings is 2. The fourth-order valence-electron chi connectivity index (χ4n) is 4.84. The quantitative estimate of drug-likeness (QED) is 0.685. The topological polar surface area (TPSA) is 46.6 Å². The number of anilines is 1. The summed E-state index contributed by atoms with van der Waals surface area (Å²) in [6, 6.07) is 15.8. The number of carbonyl (C=O) groups excluding carboxylic acids is 2. The molecule has 2 aromatic carbocycles. The molecule has 2 aromatic rings. The van der Waals surface area contributed by atoms with Gasteiger partial charge in [-0.3, -0.25) is 14.5 Å². The largest absolute Gasteiger partial charge is 0.497 e. The van der Waals surface area contributed by atoms with Crippen LogP contribution in [0, 0.1) is 5.41 Å². The molecule has 4 nitrogen and oxygen atoms in total. The Morgan fingerprint density at radius 2 is 1.73 bits per heavy atom. The predicted octanol–water partition coefficient (Wildman–Crippen LogP) is 5.42. The van der Waals surface area contributed by atoms with Gasteiger partial charge in [0.2, 0.25) is 5.91 Å². The van der Waals surface area contributed by atoms with E-state index < -0.39 is 0 Å². The molecule has 156 valence electrons. The Morgan fingerprint density at radius 3 is 2.40 bits per heavy atom. The molecule has 0 aromatic heterocycles. The van der Waals surface area contributed by atoms with Crippen LogP contribution in [0.5, 0.6) is 5.75 Å². The molecule has 1 aliphatic heterocycles. The van der Waals surface area contributed by atoms with E-state index in [9.17, 15) is 9.59 Å². The molecular formula is C26H29NO3. The van der Waals surface area contributed by atoms with Crippen LogP contribution in [0.1, 0.15) is 57.1 Å². The van der Waals surface area contributed by atoms with Crippen molar-refractivity contribution in [3.8, 4) is 5.75 Å². The van der Waals surface area contributed by atoms with Crippen molar-refractivity contribution >= 4 is 17.4 Å². The van der Waals surface area contributed by atoms with Gasteiger partial charge in [0.25, 0.3) is 0 Å². The first-order valence-electron chi connectivity index (χ1n) is 10.7. The zero-order valence-electron chi connectivity index (χ0n) is 18.2. The third-order valence-corrected chi connectivity index (χ3v) is 6.27. The number of rotatable bonds is 4. The number of aryl methyl sites for hydroxylation is 1. The summed E-state index contributed by atoms with van der Waals surface area (Å²) in [5.41, 5.74) is 4.55. The lowest BCUT2D eigenvalue weighted by Gasteiger charge is -2.43. The van der Waals surface area contributed by atoms with Gasteiger partial charge in [0, 0.05) is 30.0 Å². The van der Waals surface area contributed by atoms with Gasteiger partial charge in [-0.2, -0.15) is 0 Å². The molecule has 0 spiro atoms. The first-order valence-corrected chi connectivity index (χ1v) is 10.7. The average Bonchev–Trinajstić information content (AvgIpc) is 2.72. The van der Waals surface area contributed by atoms with E-state index >= 15 is 0 Å². The summed E-state index contributed by atoms with van der Waals surface area (Å²) < 4.78 is 5.28. The number of nitrogens with zero attached hydrogens (tertiary/aromatic N) is 1. The van der Waals surface area contributed by atoms with Crippen molar-refractivity contribution in [1.29, 1.82) is 0 Å². The zero-order chi connectivity index (χ0) is 21.5. The van der Waals surface area contributed by atoms with Gasteiger partial charge in [-0.1, -0.05) is 51.1 Å². The van der Waals surface area contributed by atoms with Gasteiger partial charge in [0.15, 0.2) is 5.78 Å². The second-order valence-electron chi connectivity index (χ2n) is 9.04. The molecule has 0 radical (unpaired) electrons. The van der Waals surface area contributed by atoms with E-state index in [0.29, 0.717) is 19.3 Å². The minimum absolute atomic E-state index is 0.0565. The molecule has 0 N–H and O–H groups in total. The van der Waals surface area contributed by atoms with Gasteiger partial charge in [-0.15, -0.1) is 0 Å². The Kier molecular flexibility index (Phi) is 5.27. The fraction of sp³-hybridized carbons (Fsp3) is 0.385. The third-order valence-electron chi connectivity index (χ3n) is 6.27. The van der Waals surface area contributed by atoms with Crippen molar-refractivity contribution in [1.82, 2.24) is 0 Å². The number of Topliss-reactive ketones (excluding diaryl/α,β-unsaturated/α-hetero) is 1. The number of ketones is 1. The van der Waals surface area contributed by atoms with E-state index in [1.54, 1.807) is 7.11 Å². The molecule has 0 saturated heterocycles. The number of amides is 1. The maximum absolute atomic E-state index is 13.5. The summed E-state index contributed by atoms with van der Waals surface area (Å²) in [6.07, 6.45) is 2.36. The monoisotopic (exact) mass is 403 g/mol. The molecule has 4 rings (SSSR count). The zero-order valence-corrected chi connectivity index (χ0v) is 18.2. The van der Waals surface area contributed by atoms with Crippen molar-refractivity contribution in [2.45, 2.75) is 52.4 Å². The molecule has 1 heterocycles. The second kappa shape index (κ2) is 7.75. The van der Waals surface area contributed by atoms with E-state index in [0.717, 1.165) is 40.3 Å². The van der Waals surface area contributed by atoms with Crippen LogP contribution >= 0.6 is 0 Å². The van der Waals surface area contributed by atoms with Gasteiger partial charge in [0.1, 0.15) is 5.75 Å². The van der Waals surface area contributed by atoms with E-state index in [2.05, 4.69) is 26.8 Å². The highest BCUT2D eigenvalue weighted by atomic mass is 16.5. The van der Waals surface area contributed by atoms with Crippen molar-refractivity contribution < 1.29 is 14.3 Å². The van der Waals surface area contributed by atoms with Crippen LogP contribution in [0.2, 0.25) is 0 Å². The van der Waals surface area contributed by atoms with Gasteiger partial charge < -0.3 is 4.74 Å². The Morgan fingerprint density at radius 1 is 1.03 bits per heavy atom. The third kappa shape index (κ3) is 3.55. The smallest absolute Gasteiger partial charge is 0.232 e. The Hall–Kier alpha value is -2.88. The lowest BCUT2D eigenvalue weighted by molar-refractivity contribution is -0.121. The number of methoxy groups -OCH3 is 1. The molecule has 1 atom stereocenters. The molecule has 1 amide bonds. The molecule has 1 unspecified atom stereocenters. The molecule has 0 bridgehead atoms. The van der Waals surface area contributed by atoms with Crippen molar-refractivity contribution in [3.63, 3.8) is 0 Å². The Labute approximate surface area is 178 Å². The minimum Gasteiger partial charge on any atom is -0.497 e. The summed E-state index contributed by atoms with van der Waals surface area (Å²) in [5.74, 6) is 0.784. The average molecular weight is 404 g/mol. The molecular weight excluding hydrogens is 374 g/mol. The molecule has 4 heteroatoms. The summed E-state index contributed by atoms with van der Waals surface area (Å²) >= 11 is 0. The second-order valence-corrected chi connectivity index (χ2v) is 9.04. The lowest BCUT2D eigenvalue weighted by atomic mass is 9.69. The van der Waals surface area contributed by atoms with Crippen LogP contribution in [0.25, 0.3) is 0 Å². The number of hydrogen-bond donors (Lipinski definition) is 0. The fourth-order valence-corrected chi connectivity index (χ4v) is 4.84. The van der Waals surface area contributed by atoms with Crippen molar-refractivity contribution in [2.24, 2.45) is 5.41 Å². The summed E-state index contributed by atoms with van der Waals surface area (Å²) in [6.45, 7) is 6.32. The highest BCUT2D eigenvalue weighted by Gasteiger charge is 2.44. The van der Waals surface area contributed by atoms with Crippen LogP contribution in [-0.4, -0.2) is 18.8 Å². The van der Waals surface area contributed by atoms with Crippen molar-refractivity contribution in [3.05, 3.63) is 70.9 Å². The maximum atomic E-state index is 13.5. The van der Waals surface area contributed by atoms with Gasteiger partial charge in [-0.25, -0.2) is 0 Å². The normalized spacial score (nSPS) is 20.9. The number of ether oxygens (including phenoxy) is 1. The number of carbonyl (C=O) groups is 2. The number of para-hydroxylation sites is 1. The maximum Gasteiger partial charge on any atom is 0.232 e. The standard InChI is InChI=1S/C26H29NO3/c1-5-17-8-6-7-9-21(17)27-22-15-26(2,3)16-23(28)25(22)20(14-24(27)29)18-10-12-19(30-4)13-11-18/h6-13,20H,5,14-16H2,1-4H3. The number of hydrogen-bond acceptors (Lipinski definition) is 3. The first kappa shape index (κ1) is 20.4. The summed E-state index contributed by atoms with van der Waals surface area (Å²) in [5, 5.41) is 0.